The second-order valence-corrected chi connectivity index (χ2v) is 7.83. The first-order valence-electron chi connectivity index (χ1n) is 9.27. The molecule has 7 heteroatoms. The molecule has 0 saturated heterocycles. The van der Waals surface area contributed by atoms with Crippen LogP contribution in [0.1, 0.15) is 17.5 Å². The van der Waals surface area contributed by atoms with Crippen LogP contribution in [0, 0.1) is 13.8 Å². The van der Waals surface area contributed by atoms with Gasteiger partial charge in [-0.3, -0.25) is 4.79 Å². The number of amides is 1. The largest absolute Gasteiger partial charge is 0.463 e. The summed E-state index contributed by atoms with van der Waals surface area (Å²) >= 11 is 1.48. The van der Waals surface area contributed by atoms with E-state index in [4.69, 9.17) is 8.83 Å². The summed E-state index contributed by atoms with van der Waals surface area (Å²) in [5.74, 6) is 1.92. The van der Waals surface area contributed by atoms with Crippen LogP contribution in [0.15, 0.2) is 69.0 Å². The van der Waals surface area contributed by atoms with Crippen molar-refractivity contribution in [2.45, 2.75) is 25.4 Å². The molecule has 0 radical (unpaired) electrons. The van der Waals surface area contributed by atoms with Gasteiger partial charge in [-0.2, -0.15) is 0 Å². The third-order valence-electron chi connectivity index (χ3n) is 4.28. The Morgan fingerprint density at radius 3 is 2.41 bits per heavy atom. The highest BCUT2D eigenvalue weighted by Crippen LogP contribution is 2.33. The number of rotatable bonds is 7. The number of aromatic nitrogens is 2. The van der Waals surface area contributed by atoms with E-state index in [1.54, 1.807) is 12.5 Å². The number of H-pyrrole nitrogens is 1. The molecule has 0 aliphatic heterocycles. The van der Waals surface area contributed by atoms with Crippen LogP contribution in [0.25, 0.3) is 22.9 Å². The molecule has 4 rings (SSSR count). The maximum Gasteiger partial charge on any atom is 0.225 e. The lowest BCUT2D eigenvalue weighted by Crippen LogP contribution is -2.12. The van der Waals surface area contributed by atoms with E-state index in [0.29, 0.717) is 34.5 Å². The van der Waals surface area contributed by atoms with E-state index >= 15 is 0 Å². The Bertz CT molecular complexity index is 1030. The average Bonchev–Trinajstić information content (AvgIpc) is 3.41. The third-order valence-corrected chi connectivity index (χ3v) is 5.15. The number of thioether (sulfide) groups is 1. The fourth-order valence-corrected chi connectivity index (χ4v) is 3.93. The lowest BCUT2D eigenvalue weighted by molar-refractivity contribution is -0.115. The predicted molar refractivity (Wildman–Crippen MR) is 114 cm³/mol. The molecule has 6 nitrogen and oxygen atoms in total. The van der Waals surface area contributed by atoms with Crippen LogP contribution in [-0.4, -0.2) is 21.6 Å². The van der Waals surface area contributed by atoms with Gasteiger partial charge in [0.05, 0.1) is 12.5 Å². The summed E-state index contributed by atoms with van der Waals surface area (Å²) in [5.41, 5.74) is 4.53. The molecule has 2 N–H and O–H groups in total. The Kier molecular flexibility index (Phi) is 5.57. The number of imidazole rings is 1. The normalized spacial score (nSPS) is 11.0. The zero-order valence-corrected chi connectivity index (χ0v) is 17.0. The fourth-order valence-electron chi connectivity index (χ4n) is 3.12. The second kappa shape index (κ2) is 8.45. The minimum atomic E-state index is -0.0217. The van der Waals surface area contributed by atoms with Gasteiger partial charge in [-0.25, -0.2) is 4.98 Å². The Labute approximate surface area is 172 Å². The van der Waals surface area contributed by atoms with Crippen LogP contribution in [0.2, 0.25) is 0 Å². The minimum absolute atomic E-state index is 0.0217. The van der Waals surface area contributed by atoms with Crippen molar-refractivity contribution in [3.05, 3.63) is 66.1 Å². The van der Waals surface area contributed by atoms with E-state index in [2.05, 4.69) is 21.4 Å². The van der Waals surface area contributed by atoms with Gasteiger partial charge in [0.1, 0.15) is 11.4 Å². The van der Waals surface area contributed by atoms with E-state index in [-0.39, 0.29) is 5.91 Å². The van der Waals surface area contributed by atoms with Crippen LogP contribution in [-0.2, 0) is 4.79 Å². The zero-order chi connectivity index (χ0) is 20.2. The Balaban J connectivity index is 1.41. The quantitative estimate of drug-likeness (QED) is 0.386. The lowest BCUT2D eigenvalue weighted by Gasteiger charge is -2.07. The summed E-state index contributed by atoms with van der Waals surface area (Å²) in [6.45, 7) is 4.03. The number of aryl methyl sites for hydroxylation is 2. The van der Waals surface area contributed by atoms with Crippen molar-refractivity contribution in [1.29, 1.82) is 0 Å². The maximum atomic E-state index is 12.3. The Morgan fingerprint density at radius 2 is 1.76 bits per heavy atom. The number of carbonyl (C=O) groups excluding carboxylic acids is 1. The van der Waals surface area contributed by atoms with E-state index in [1.807, 2.05) is 50.2 Å². The van der Waals surface area contributed by atoms with Crippen molar-refractivity contribution in [3.63, 3.8) is 0 Å². The standard InChI is InChI=1S/C22H21N3O3S/c1-14-11-15(2)13-16(12-14)23-19(26)7-10-29-22-24-20(17-5-3-8-27-17)21(25-22)18-6-4-9-28-18/h3-6,8-9,11-13H,7,10H2,1-2H3,(H,23,26)(H,24,25). The molecule has 0 aliphatic rings. The van der Waals surface area contributed by atoms with Crippen molar-refractivity contribution in [1.82, 2.24) is 9.97 Å². The molecule has 148 valence electrons. The van der Waals surface area contributed by atoms with Crippen molar-refractivity contribution in [2.75, 3.05) is 11.1 Å². The fraction of sp³-hybridized carbons (Fsp3) is 0.182. The number of nitrogens with zero attached hydrogens (tertiary/aromatic N) is 1. The molecular weight excluding hydrogens is 386 g/mol. The molecule has 0 spiro atoms. The summed E-state index contributed by atoms with van der Waals surface area (Å²) in [6.07, 6.45) is 3.61. The van der Waals surface area contributed by atoms with Gasteiger partial charge in [0.25, 0.3) is 0 Å². The number of anilines is 1. The number of aromatic amines is 1. The van der Waals surface area contributed by atoms with Gasteiger partial charge in [-0.15, -0.1) is 0 Å². The van der Waals surface area contributed by atoms with Crippen LogP contribution in [0.3, 0.4) is 0 Å². The zero-order valence-electron chi connectivity index (χ0n) is 16.2. The summed E-state index contributed by atoms with van der Waals surface area (Å²) in [5, 5.41) is 3.67. The lowest BCUT2D eigenvalue weighted by atomic mass is 10.1. The first-order chi connectivity index (χ1) is 14.1. The van der Waals surface area contributed by atoms with Gasteiger partial charge < -0.3 is 19.1 Å². The molecule has 0 unspecified atom stereocenters. The van der Waals surface area contributed by atoms with Gasteiger partial charge >= 0.3 is 0 Å². The van der Waals surface area contributed by atoms with E-state index in [1.165, 1.54) is 11.8 Å². The van der Waals surface area contributed by atoms with Crippen LogP contribution in [0.5, 0.6) is 0 Å². The summed E-state index contributed by atoms with van der Waals surface area (Å²) in [6, 6.07) is 13.4. The smallest absolute Gasteiger partial charge is 0.225 e. The predicted octanol–water partition coefficient (Wildman–Crippen LogP) is 5.67. The van der Waals surface area contributed by atoms with E-state index in [0.717, 1.165) is 22.5 Å². The van der Waals surface area contributed by atoms with Crippen LogP contribution < -0.4 is 5.32 Å². The first kappa shape index (κ1) is 19.1. The van der Waals surface area contributed by atoms with Crippen LogP contribution >= 0.6 is 11.8 Å². The number of benzene rings is 1. The maximum absolute atomic E-state index is 12.3. The molecule has 29 heavy (non-hydrogen) atoms. The van der Waals surface area contributed by atoms with Gasteiger partial charge in [0, 0.05) is 17.9 Å². The number of furan rings is 2. The van der Waals surface area contributed by atoms with Crippen molar-refractivity contribution < 1.29 is 13.6 Å². The highest BCUT2D eigenvalue weighted by Gasteiger charge is 2.18. The van der Waals surface area contributed by atoms with Gasteiger partial charge in [0.2, 0.25) is 5.91 Å². The SMILES string of the molecule is Cc1cc(C)cc(NC(=O)CCSc2nc(-c3ccco3)c(-c3ccco3)[nH]2)c1. The summed E-state index contributed by atoms with van der Waals surface area (Å²) in [4.78, 5) is 20.2. The molecular formula is C22H21N3O3S. The van der Waals surface area contributed by atoms with Gasteiger partial charge in [-0.1, -0.05) is 17.8 Å². The highest BCUT2D eigenvalue weighted by atomic mass is 32.2. The van der Waals surface area contributed by atoms with E-state index < -0.39 is 0 Å². The van der Waals surface area contributed by atoms with Crippen molar-refractivity contribution in [3.8, 4) is 22.9 Å². The number of hydrogen-bond donors (Lipinski definition) is 2. The van der Waals surface area contributed by atoms with Gasteiger partial charge in [0.15, 0.2) is 16.7 Å². The van der Waals surface area contributed by atoms with Crippen LogP contribution in [0.4, 0.5) is 5.69 Å². The number of hydrogen-bond acceptors (Lipinski definition) is 5. The Morgan fingerprint density at radius 1 is 1.07 bits per heavy atom. The molecule has 0 saturated carbocycles. The number of carbonyl (C=O) groups is 1. The molecule has 0 atom stereocenters. The second-order valence-electron chi connectivity index (χ2n) is 6.74. The molecule has 0 fully saturated rings. The summed E-state index contributed by atoms with van der Waals surface area (Å²) in [7, 11) is 0. The minimum Gasteiger partial charge on any atom is -0.463 e. The topological polar surface area (TPSA) is 84.1 Å². The van der Waals surface area contributed by atoms with Crippen molar-refractivity contribution >= 4 is 23.4 Å². The summed E-state index contributed by atoms with van der Waals surface area (Å²) < 4.78 is 11.0. The highest BCUT2D eigenvalue weighted by molar-refractivity contribution is 7.99. The van der Waals surface area contributed by atoms with Crippen molar-refractivity contribution in [2.24, 2.45) is 0 Å². The Hall–Kier alpha value is -3.19. The first-order valence-corrected chi connectivity index (χ1v) is 10.3. The molecule has 1 aromatic carbocycles. The molecule has 4 aromatic rings. The van der Waals surface area contributed by atoms with Gasteiger partial charge in [-0.05, 0) is 61.4 Å². The molecule has 1 amide bonds. The van der Waals surface area contributed by atoms with E-state index in [9.17, 15) is 4.79 Å². The monoisotopic (exact) mass is 407 g/mol. The average molecular weight is 407 g/mol. The number of nitrogens with one attached hydrogen (secondary N) is 2. The molecule has 0 aliphatic carbocycles. The molecule has 3 heterocycles. The molecule has 3 aromatic heterocycles. The molecule has 0 bridgehead atoms. The third kappa shape index (κ3) is 4.63.